The van der Waals surface area contributed by atoms with Crippen molar-refractivity contribution in [1.29, 1.82) is 0 Å². The van der Waals surface area contributed by atoms with E-state index in [1.54, 1.807) is 54.6 Å². The molecule has 8 heterocycles. The number of nitrogens with zero attached hydrogens (tertiary/aromatic N) is 5. The van der Waals surface area contributed by atoms with Crippen molar-refractivity contribution in [3.63, 3.8) is 0 Å². The number of ether oxygens (including phenoxy) is 2. The minimum Gasteiger partial charge on any atom is -0.488 e. The lowest BCUT2D eigenvalue weighted by Crippen LogP contribution is -2.53. The van der Waals surface area contributed by atoms with Crippen molar-refractivity contribution >= 4 is 74.0 Å². The predicted molar refractivity (Wildman–Crippen MR) is 264 cm³/mol. The van der Waals surface area contributed by atoms with Crippen LogP contribution in [0.2, 0.25) is 0 Å². The minimum absolute atomic E-state index is 0.0498. The van der Waals surface area contributed by atoms with Crippen molar-refractivity contribution in [3.8, 4) is 11.5 Å². The van der Waals surface area contributed by atoms with Crippen LogP contribution in [-0.2, 0) is 19.6 Å². The van der Waals surface area contributed by atoms with E-state index in [9.17, 15) is 14.4 Å². The number of anilines is 2. The van der Waals surface area contributed by atoms with Gasteiger partial charge in [0.1, 0.15) is 35.3 Å². The SMILES string of the molecule is Cc1cc(C(=O)NCc2ccc3c(N)nccc3c2)sc1C=O.Cc1cc(C(=O)NCc2ccc3c(N)nccc3c2)sc1CN1CC(Oc2ccncc2)C1.c1cc(OC2CNC2)ccn1. The summed E-state index contributed by atoms with van der Waals surface area (Å²) in [6.07, 6.45) is 11.6. The van der Waals surface area contributed by atoms with Gasteiger partial charge in [-0.1, -0.05) is 24.3 Å². The summed E-state index contributed by atoms with van der Waals surface area (Å²) in [7, 11) is 0. The van der Waals surface area contributed by atoms with E-state index in [2.05, 4.69) is 47.7 Å². The molecule has 17 heteroatoms. The Kier molecular flexibility index (Phi) is 15.0. The fourth-order valence-electron chi connectivity index (χ4n) is 7.27. The van der Waals surface area contributed by atoms with Gasteiger partial charge in [-0.05, 0) is 108 Å². The molecule has 0 radical (unpaired) electrons. The van der Waals surface area contributed by atoms with E-state index < -0.39 is 0 Å². The number of hydrogen-bond acceptors (Lipinski definition) is 15. The van der Waals surface area contributed by atoms with Crippen molar-refractivity contribution in [2.45, 2.75) is 45.7 Å². The van der Waals surface area contributed by atoms with E-state index >= 15 is 0 Å². The van der Waals surface area contributed by atoms with Gasteiger partial charge < -0.3 is 36.9 Å². The van der Waals surface area contributed by atoms with Crippen molar-refractivity contribution in [2.75, 3.05) is 37.6 Å². The van der Waals surface area contributed by atoms with Crippen molar-refractivity contribution < 1.29 is 23.9 Å². The molecule has 6 aromatic heterocycles. The number of likely N-dealkylation sites (tertiary alicyclic amines) is 1. The van der Waals surface area contributed by atoms with Crippen molar-refractivity contribution in [2.24, 2.45) is 0 Å². The highest BCUT2D eigenvalue weighted by Gasteiger charge is 2.29. The van der Waals surface area contributed by atoms with Gasteiger partial charge >= 0.3 is 0 Å². The summed E-state index contributed by atoms with van der Waals surface area (Å²) in [5.74, 6) is 2.54. The number of benzene rings is 2. The number of nitrogen functional groups attached to an aromatic ring is 2. The van der Waals surface area contributed by atoms with Crippen LogP contribution in [0.3, 0.4) is 0 Å². The van der Waals surface area contributed by atoms with E-state index in [1.165, 1.54) is 16.2 Å². The standard InChI is InChI=1S/C25H25N5O2S.C17H15N3O2S.C8H10N2O/c1-16-10-22(25(31)29-12-17-2-3-21-18(11-17)4-9-28-24(21)26)33-23(16)15-30-13-20(14-30)32-19-5-7-27-8-6-19;1-10-6-14(23-15(10)9-21)17(22)20-8-11-2-3-13-12(7-11)4-5-19-16(13)18;1-3-9-4-2-7(1)11-8-5-10-6-8/h2-11,20H,12-15H2,1H3,(H2,26,28)(H,29,31);2-7,9H,8H2,1H3,(H2,18,19)(H,20,22);1-4,8,10H,5-6H2. The Labute approximate surface area is 395 Å². The number of carbonyl (C=O) groups is 3. The molecule has 7 N–H and O–H groups in total. The second-order valence-electron chi connectivity index (χ2n) is 16.1. The van der Waals surface area contributed by atoms with Crippen LogP contribution in [0, 0.1) is 13.8 Å². The molecule has 2 aliphatic rings. The van der Waals surface area contributed by atoms with Crippen molar-refractivity contribution in [3.05, 3.63) is 164 Å². The molecular weight excluding hydrogens is 885 g/mol. The third-order valence-corrected chi connectivity index (χ3v) is 13.5. The molecule has 342 valence electrons. The number of aromatic nitrogens is 4. The van der Waals surface area contributed by atoms with E-state index in [-0.39, 0.29) is 17.9 Å². The van der Waals surface area contributed by atoms with E-state index in [1.807, 2.05) is 85.8 Å². The summed E-state index contributed by atoms with van der Waals surface area (Å²) >= 11 is 2.76. The molecule has 67 heavy (non-hydrogen) atoms. The van der Waals surface area contributed by atoms with Gasteiger partial charge in [0.15, 0.2) is 6.29 Å². The fraction of sp³-hybridized carbons (Fsp3) is 0.220. The van der Waals surface area contributed by atoms with Crippen LogP contribution in [0.1, 0.15) is 56.1 Å². The van der Waals surface area contributed by atoms with Gasteiger partial charge in [-0.3, -0.25) is 29.3 Å². The van der Waals surface area contributed by atoms with Gasteiger partial charge in [-0.2, -0.15) is 0 Å². The van der Waals surface area contributed by atoms with Crippen LogP contribution >= 0.6 is 22.7 Å². The first-order valence-electron chi connectivity index (χ1n) is 21.6. The van der Waals surface area contributed by atoms with Crippen LogP contribution < -0.4 is 36.9 Å². The zero-order chi connectivity index (χ0) is 46.7. The zero-order valence-electron chi connectivity index (χ0n) is 37.0. The predicted octanol–water partition coefficient (Wildman–Crippen LogP) is 7.14. The molecule has 2 aliphatic heterocycles. The lowest BCUT2D eigenvalue weighted by Gasteiger charge is -2.38. The highest BCUT2D eigenvalue weighted by Crippen LogP contribution is 2.28. The second-order valence-corrected chi connectivity index (χ2v) is 18.3. The molecule has 2 fully saturated rings. The lowest BCUT2D eigenvalue weighted by atomic mass is 10.1. The third kappa shape index (κ3) is 12.1. The van der Waals surface area contributed by atoms with Crippen LogP contribution in [0.25, 0.3) is 21.5 Å². The first-order chi connectivity index (χ1) is 32.6. The Morgan fingerprint density at radius 1 is 0.687 bits per heavy atom. The highest BCUT2D eigenvalue weighted by atomic mass is 32.1. The minimum atomic E-state index is -0.180. The number of nitrogens with two attached hydrogens (primary N) is 2. The Morgan fingerprint density at radius 3 is 1.69 bits per heavy atom. The number of amides is 2. The maximum atomic E-state index is 12.8. The summed E-state index contributed by atoms with van der Waals surface area (Å²) in [6, 6.07) is 26.8. The number of thiophene rings is 2. The van der Waals surface area contributed by atoms with Crippen LogP contribution in [0.15, 0.2) is 122 Å². The summed E-state index contributed by atoms with van der Waals surface area (Å²) in [5, 5.41) is 12.9. The average molecular weight is 935 g/mol. The van der Waals surface area contributed by atoms with Gasteiger partial charge in [0, 0.05) is 98.6 Å². The molecule has 0 bridgehead atoms. The number of pyridine rings is 4. The topological polar surface area (TPSA) is 213 Å². The first kappa shape index (κ1) is 46.2. The summed E-state index contributed by atoms with van der Waals surface area (Å²) in [4.78, 5) is 57.3. The van der Waals surface area contributed by atoms with Crippen LogP contribution in [-0.4, -0.2) is 81.3 Å². The maximum absolute atomic E-state index is 12.8. The number of hydrogen-bond donors (Lipinski definition) is 5. The summed E-state index contributed by atoms with van der Waals surface area (Å²) in [6.45, 7) is 9.26. The van der Waals surface area contributed by atoms with Crippen molar-refractivity contribution in [1.82, 2.24) is 40.8 Å². The largest absolute Gasteiger partial charge is 0.488 e. The normalized spacial score (nSPS) is 13.5. The molecule has 0 aliphatic carbocycles. The number of rotatable bonds is 13. The Bertz CT molecular complexity index is 2980. The Morgan fingerprint density at radius 2 is 1.19 bits per heavy atom. The molecule has 2 aromatic carbocycles. The fourth-order valence-corrected chi connectivity index (χ4v) is 9.31. The van der Waals surface area contributed by atoms with Gasteiger partial charge in [-0.15, -0.1) is 22.7 Å². The molecule has 15 nitrogen and oxygen atoms in total. The molecule has 0 atom stereocenters. The van der Waals surface area contributed by atoms with Gasteiger partial charge in [0.05, 0.1) is 14.6 Å². The Hall–Kier alpha value is -7.31. The van der Waals surface area contributed by atoms with Gasteiger partial charge in [0.2, 0.25) is 0 Å². The number of aryl methyl sites for hydroxylation is 2. The smallest absolute Gasteiger partial charge is 0.261 e. The maximum Gasteiger partial charge on any atom is 0.261 e. The monoisotopic (exact) mass is 934 g/mol. The number of carbonyl (C=O) groups excluding carboxylic acids is 3. The third-order valence-electron chi connectivity index (χ3n) is 11.1. The summed E-state index contributed by atoms with van der Waals surface area (Å²) in [5.41, 5.74) is 15.7. The molecule has 8 aromatic rings. The molecule has 10 rings (SSSR count). The molecule has 0 unspecified atom stereocenters. The molecule has 0 saturated carbocycles. The van der Waals surface area contributed by atoms with E-state index in [4.69, 9.17) is 20.9 Å². The quantitative estimate of drug-likeness (QED) is 0.0729. The van der Waals surface area contributed by atoms with E-state index in [0.29, 0.717) is 40.6 Å². The molecular formula is C50H50N10O5S2. The Balaban J connectivity index is 0.000000154. The second kappa shape index (κ2) is 21.8. The lowest BCUT2D eigenvalue weighted by molar-refractivity contribution is 0.0150. The highest BCUT2D eigenvalue weighted by molar-refractivity contribution is 7.15. The van der Waals surface area contributed by atoms with Crippen LogP contribution in [0.4, 0.5) is 11.6 Å². The van der Waals surface area contributed by atoms with E-state index in [0.717, 1.165) is 99.2 Å². The first-order valence-corrected chi connectivity index (χ1v) is 23.3. The van der Waals surface area contributed by atoms with Gasteiger partial charge in [-0.25, -0.2) is 9.97 Å². The van der Waals surface area contributed by atoms with Gasteiger partial charge in [0.25, 0.3) is 11.8 Å². The number of nitrogens with one attached hydrogen (secondary N) is 3. The molecule has 0 spiro atoms. The molecule has 2 amide bonds. The zero-order valence-corrected chi connectivity index (χ0v) is 38.6. The molecule has 2 saturated heterocycles. The summed E-state index contributed by atoms with van der Waals surface area (Å²) < 4.78 is 11.5. The van der Waals surface area contributed by atoms with Crippen LogP contribution in [0.5, 0.6) is 11.5 Å². The number of fused-ring (bicyclic) bond motifs is 2. The average Bonchev–Trinajstić information content (AvgIpc) is 3.90. The number of aldehydes is 1.